The molecule has 2 N–H and O–H groups in total. The minimum Gasteiger partial charge on any atom is -0.343 e. The normalized spacial score (nSPS) is 21.5. The lowest BCUT2D eigenvalue weighted by atomic mass is 10.0. The van der Waals surface area contributed by atoms with Crippen molar-refractivity contribution in [3.63, 3.8) is 0 Å². The number of nitrogens with one attached hydrogen (secondary N) is 2. The van der Waals surface area contributed by atoms with Gasteiger partial charge >= 0.3 is 0 Å². The molecular formula is C26H34N8O. The Morgan fingerprint density at radius 2 is 1.91 bits per heavy atom. The quantitative estimate of drug-likeness (QED) is 0.567. The summed E-state index contributed by atoms with van der Waals surface area (Å²) in [5.74, 6) is 1.78. The third-order valence-electron chi connectivity index (χ3n) is 7.88. The van der Waals surface area contributed by atoms with E-state index in [0.29, 0.717) is 29.6 Å². The first-order valence-corrected chi connectivity index (χ1v) is 12.8. The van der Waals surface area contributed by atoms with E-state index in [9.17, 15) is 4.79 Å². The fourth-order valence-corrected chi connectivity index (χ4v) is 5.75. The average Bonchev–Trinajstić information content (AvgIpc) is 3.57. The highest BCUT2D eigenvalue weighted by molar-refractivity contribution is 5.97. The monoisotopic (exact) mass is 474 g/mol. The predicted octanol–water partition coefficient (Wildman–Crippen LogP) is 3.15. The van der Waals surface area contributed by atoms with Gasteiger partial charge in [-0.3, -0.25) is 9.69 Å². The Labute approximate surface area is 205 Å². The minimum atomic E-state index is 0.000661. The van der Waals surface area contributed by atoms with Crippen molar-refractivity contribution in [2.24, 2.45) is 0 Å². The van der Waals surface area contributed by atoms with Crippen LogP contribution in [0.1, 0.15) is 60.1 Å². The van der Waals surface area contributed by atoms with Crippen LogP contribution < -0.4 is 10.6 Å². The first-order valence-electron chi connectivity index (χ1n) is 12.8. The third-order valence-corrected chi connectivity index (χ3v) is 7.88. The van der Waals surface area contributed by atoms with Crippen molar-refractivity contribution in [2.75, 3.05) is 45.6 Å². The molecule has 0 radical (unpaired) electrons. The molecule has 0 bridgehead atoms. The van der Waals surface area contributed by atoms with Gasteiger partial charge in [-0.15, -0.1) is 0 Å². The zero-order chi connectivity index (χ0) is 23.9. The summed E-state index contributed by atoms with van der Waals surface area (Å²) in [7, 11) is 3.58. The number of likely N-dealkylation sites (tertiary alicyclic amines) is 1. The number of pyridine rings is 1. The second kappa shape index (κ2) is 9.20. The van der Waals surface area contributed by atoms with Gasteiger partial charge in [0, 0.05) is 63.6 Å². The molecule has 6 rings (SSSR count). The fraction of sp³-hybridized carbons (Fsp3) is 0.538. The summed E-state index contributed by atoms with van der Waals surface area (Å²) in [6.45, 7) is 4.52. The summed E-state index contributed by atoms with van der Waals surface area (Å²) >= 11 is 0. The van der Waals surface area contributed by atoms with E-state index in [1.54, 1.807) is 25.2 Å². The Hall–Kier alpha value is -3.04. The highest BCUT2D eigenvalue weighted by Crippen LogP contribution is 2.35. The maximum Gasteiger partial charge on any atom is 0.270 e. The fourth-order valence-electron chi connectivity index (χ4n) is 5.75. The molecular weight excluding hydrogens is 440 g/mol. The number of hydrogen-bond acceptors (Lipinski definition) is 7. The van der Waals surface area contributed by atoms with Crippen molar-refractivity contribution in [3.8, 4) is 0 Å². The number of carbonyl (C=O) groups is 1. The molecule has 5 heterocycles. The Morgan fingerprint density at radius 1 is 1.09 bits per heavy atom. The van der Waals surface area contributed by atoms with Crippen molar-refractivity contribution in [3.05, 3.63) is 41.9 Å². The van der Waals surface area contributed by atoms with Gasteiger partial charge in [-0.25, -0.2) is 9.97 Å². The molecule has 0 spiro atoms. The van der Waals surface area contributed by atoms with Crippen molar-refractivity contribution >= 4 is 28.7 Å². The van der Waals surface area contributed by atoms with Gasteiger partial charge in [0.2, 0.25) is 5.95 Å². The molecule has 3 aromatic heterocycles. The van der Waals surface area contributed by atoms with Gasteiger partial charge in [-0.1, -0.05) is 18.9 Å². The van der Waals surface area contributed by atoms with E-state index in [0.717, 1.165) is 49.3 Å². The van der Waals surface area contributed by atoms with Crippen LogP contribution in [0.3, 0.4) is 0 Å². The highest BCUT2D eigenvalue weighted by atomic mass is 16.2. The number of anilines is 2. The van der Waals surface area contributed by atoms with E-state index >= 15 is 0 Å². The van der Waals surface area contributed by atoms with E-state index in [4.69, 9.17) is 4.98 Å². The average molecular weight is 475 g/mol. The zero-order valence-electron chi connectivity index (χ0n) is 20.6. The van der Waals surface area contributed by atoms with Gasteiger partial charge in [0.25, 0.3) is 5.91 Å². The lowest BCUT2D eigenvalue weighted by molar-refractivity contribution is 0.0815. The van der Waals surface area contributed by atoms with E-state index in [1.807, 2.05) is 18.3 Å². The van der Waals surface area contributed by atoms with Crippen molar-refractivity contribution in [2.45, 2.75) is 50.1 Å². The van der Waals surface area contributed by atoms with E-state index in [-0.39, 0.29) is 5.91 Å². The third kappa shape index (κ3) is 4.27. The summed E-state index contributed by atoms with van der Waals surface area (Å²) in [6.07, 6.45) is 9.50. The standard InChI is InChI=1S/C26H34N8O/c1-32(2)25(35)22-11-19-13-29-26(31-24(19)34(22)20-5-3-4-6-20)30-23-8-7-17(12-28-23)18-9-10-33(16-18)21-14-27-15-21/h7-8,11-13,18,20-21,27H,3-6,9-10,14-16H2,1-2H3,(H,28,29,30,31)/t18-/m0/s1. The Balaban J connectivity index is 1.22. The summed E-state index contributed by atoms with van der Waals surface area (Å²) in [4.78, 5) is 31.2. The number of hydrogen-bond donors (Lipinski definition) is 2. The number of nitrogens with zero attached hydrogens (tertiary/aromatic N) is 6. The van der Waals surface area contributed by atoms with E-state index in [1.165, 1.54) is 31.4 Å². The SMILES string of the molecule is CN(C)C(=O)c1cc2cnc(Nc3ccc([C@H]4CCN(C5CNC5)C4)cn3)nc2n1C1CCCC1. The zero-order valence-corrected chi connectivity index (χ0v) is 20.6. The van der Waals surface area contributed by atoms with Gasteiger partial charge < -0.3 is 20.1 Å². The molecule has 184 valence electrons. The number of aromatic nitrogens is 4. The van der Waals surface area contributed by atoms with Gasteiger partial charge in [0.05, 0.1) is 0 Å². The number of rotatable bonds is 6. The molecule has 3 fully saturated rings. The molecule has 1 amide bonds. The van der Waals surface area contributed by atoms with E-state index < -0.39 is 0 Å². The van der Waals surface area contributed by atoms with Gasteiger partial charge in [-0.2, -0.15) is 4.98 Å². The molecule has 0 aromatic carbocycles. The van der Waals surface area contributed by atoms with Crippen LogP contribution in [-0.4, -0.2) is 81.5 Å². The van der Waals surface area contributed by atoms with Crippen LogP contribution in [0, 0.1) is 0 Å². The van der Waals surface area contributed by atoms with Crippen LogP contribution in [0.15, 0.2) is 30.6 Å². The van der Waals surface area contributed by atoms with Crippen LogP contribution in [0.2, 0.25) is 0 Å². The molecule has 9 heteroatoms. The molecule has 2 aliphatic heterocycles. The number of amides is 1. The number of fused-ring (bicyclic) bond motifs is 1. The Bertz CT molecular complexity index is 1210. The smallest absolute Gasteiger partial charge is 0.270 e. The summed E-state index contributed by atoms with van der Waals surface area (Å²) in [5.41, 5.74) is 2.80. The second-order valence-corrected chi connectivity index (χ2v) is 10.4. The molecule has 35 heavy (non-hydrogen) atoms. The molecule has 9 nitrogen and oxygen atoms in total. The topological polar surface area (TPSA) is 91.2 Å². The molecule has 0 unspecified atom stereocenters. The largest absolute Gasteiger partial charge is 0.343 e. The van der Waals surface area contributed by atoms with Gasteiger partial charge in [0.15, 0.2) is 0 Å². The van der Waals surface area contributed by atoms with Crippen molar-refractivity contribution < 1.29 is 4.79 Å². The number of carbonyl (C=O) groups excluding carboxylic acids is 1. The van der Waals surface area contributed by atoms with Crippen molar-refractivity contribution in [1.82, 2.24) is 34.6 Å². The van der Waals surface area contributed by atoms with E-state index in [2.05, 4.69) is 36.1 Å². The Kier molecular flexibility index (Phi) is 5.89. The maximum atomic E-state index is 12.9. The first kappa shape index (κ1) is 22.4. The maximum absolute atomic E-state index is 12.9. The van der Waals surface area contributed by atoms with Crippen LogP contribution in [0.5, 0.6) is 0 Å². The molecule has 1 atom stereocenters. The first-order chi connectivity index (χ1) is 17.1. The molecule has 2 saturated heterocycles. The second-order valence-electron chi connectivity index (χ2n) is 10.4. The predicted molar refractivity (Wildman–Crippen MR) is 136 cm³/mol. The lowest BCUT2D eigenvalue weighted by Crippen LogP contribution is -2.56. The Morgan fingerprint density at radius 3 is 2.60 bits per heavy atom. The van der Waals surface area contributed by atoms with Crippen LogP contribution in [-0.2, 0) is 0 Å². The van der Waals surface area contributed by atoms with Gasteiger partial charge in [-0.05, 0) is 49.4 Å². The minimum absolute atomic E-state index is 0.000661. The van der Waals surface area contributed by atoms with Crippen LogP contribution >= 0.6 is 0 Å². The van der Waals surface area contributed by atoms with Gasteiger partial charge in [0.1, 0.15) is 17.2 Å². The van der Waals surface area contributed by atoms with Crippen LogP contribution in [0.4, 0.5) is 11.8 Å². The summed E-state index contributed by atoms with van der Waals surface area (Å²) in [6, 6.07) is 7.13. The highest BCUT2D eigenvalue weighted by Gasteiger charge is 2.32. The summed E-state index contributed by atoms with van der Waals surface area (Å²) in [5, 5.41) is 7.54. The molecule has 3 aliphatic rings. The molecule has 1 aliphatic carbocycles. The lowest BCUT2D eigenvalue weighted by Gasteiger charge is -2.35. The molecule has 3 aromatic rings. The molecule has 1 saturated carbocycles. The van der Waals surface area contributed by atoms with Crippen LogP contribution in [0.25, 0.3) is 11.0 Å². The summed E-state index contributed by atoms with van der Waals surface area (Å²) < 4.78 is 2.14. The van der Waals surface area contributed by atoms with Crippen molar-refractivity contribution in [1.29, 1.82) is 0 Å².